The second kappa shape index (κ2) is 5.28. The Hall–Kier alpha value is -2.07. The summed E-state index contributed by atoms with van der Waals surface area (Å²) in [6, 6.07) is 8.49. The van der Waals surface area contributed by atoms with Crippen LogP contribution in [0.1, 0.15) is 10.4 Å². The average molecular weight is 281 g/mol. The van der Waals surface area contributed by atoms with Gasteiger partial charge in [-0.1, -0.05) is 23.7 Å². The maximum atomic E-state index is 13.1. The van der Waals surface area contributed by atoms with Crippen molar-refractivity contribution in [3.05, 3.63) is 52.8 Å². The lowest BCUT2D eigenvalue weighted by Gasteiger charge is -2.09. The van der Waals surface area contributed by atoms with Crippen LogP contribution in [0.4, 0.5) is 4.39 Å². The molecule has 0 heterocycles. The second-order valence-electron chi connectivity index (χ2n) is 3.84. The summed E-state index contributed by atoms with van der Waals surface area (Å²) >= 11 is 6.00. The van der Waals surface area contributed by atoms with E-state index >= 15 is 0 Å². The molecule has 0 aliphatic heterocycles. The molecule has 5 heteroatoms. The van der Waals surface area contributed by atoms with Crippen molar-refractivity contribution in [2.24, 2.45) is 0 Å². The van der Waals surface area contributed by atoms with Gasteiger partial charge in [0.1, 0.15) is 11.6 Å². The van der Waals surface area contributed by atoms with Crippen LogP contribution in [0.5, 0.6) is 5.75 Å². The van der Waals surface area contributed by atoms with Crippen molar-refractivity contribution >= 4 is 17.6 Å². The second-order valence-corrected chi connectivity index (χ2v) is 4.25. The summed E-state index contributed by atoms with van der Waals surface area (Å²) in [6.07, 6.45) is 0. The average Bonchev–Trinajstić information content (AvgIpc) is 2.38. The molecule has 0 amide bonds. The Morgan fingerprint density at radius 1 is 1.26 bits per heavy atom. The van der Waals surface area contributed by atoms with Crippen LogP contribution in [0.15, 0.2) is 36.4 Å². The summed E-state index contributed by atoms with van der Waals surface area (Å²) in [7, 11) is 1.49. The maximum absolute atomic E-state index is 13.1. The minimum atomic E-state index is -1.19. The molecule has 3 nitrogen and oxygen atoms in total. The first kappa shape index (κ1) is 13.4. The van der Waals surface area contributed by atoms with Crippen molar-refractivity contribution in [2.75, 3.05) is 7.11 Å². The summed E-state index contributed by atoms with van der Waals surface area (Å²) < 4.78 is 18.1. The number of hydrogen-bond acceptors (Lipinski definition) is 2. The van der Waals surface area contributed by atoms with Crippen LogP contribution >= 0.6 is 11.6 Å². The maximum Gasteiger partial charge on any atom is 0.336 e. The highest BCUT2D eigenvalue weighted by Gasteiger charge is 2.14. The summed E-state index contributed by atoms with van der Waals surface area (Å²) in [4.78, 5) is 11.1. The molecule has 0 unspecified atom stereocenters. The fourth-order valence-electron chi connectivity index (χ4n) is 1.78. The molecule has 0 bridgehead atoms. The highest BCUT2D eigenvalue weighted by atomic mass is 35.5. The topological polar surface area (TPSA) is 46.5 Å². The van der Waals surface area contributed by atoms with E-state index in [1.807, 2.05) is 0 Å². The van der Waals surface area contributed by atoms with Crippen molar-refractivity contribution in [1.82, 2.24) is 0 Å². The van der Waals surface area contributed by atoms with Gasteiger partial charge in [0.05, 0.1) is 17.7 Å². The summed E-state index contributed by atoms with van der Waals surface area (Å²) in [5.74, 6) is -1.30. The van der Waals surface area contributed by atoms with E-state index in [0.29, 0.717) is 21.9 Å². The van der Waals surface area contributed by atoms with Gasteiger partial charge in [0.2, 0.25) is 0 Å². The van der Waals surface area contributed by atoms with Gasteiger partial charge in [-0.3, -0.25) is 0 Å². The predicted molar refractivity (Wildman–Crippen MR) is 70.4 cm³/mol. The molecule has 0 saturated carbocycles. The number of hydrogen-bond donors (Lipinski definition) is 1. The van der Waals surface area contributed by atoms with Gasteiger partial charge < -0.3 is 9.84 Å². The highest BCUT2D eigenvalue weighted by molar-refractivity contribution is 6.32. The molecule has 0 aliphatic carbocycles. The Bertz CT molecular complexity index is 641. The quantitative estimate of drug-likeness (QED) is 0.929. The zero-order valence-corrected chi connectivity index (χ0v) is 10.7. The van der Waals surface area contributed by atoms with Crippen LogP contribution in [-0.2, 0) is 0 Å². The number of carbonyl (C=O) groups is 1. The van der Waals surface area contributed by atoms with Gasteiger partial charge in [-0.05, 0) is 35.4 Å². The molecule has 0 spiro atoms. The van der Waals surface area contributed by atoms with E-state index in [2.05, 4.69) is 0 Å². The molecule has 2 aromatic rings. The Morgan fingerprint density at radius 2 is 2.00 bits per heavy atom. The molecule has 0 saturated heterocycles. The number of carboxylic acids is 1. The van der Waals surface area contributed by atoms with Gasteiger partial charge in [-0.2, -0.15) is 0 Å². The van der Waals surface area contributed by atoms with Gasteiger partial charge >= 0.3 is 5.97 Å². The van der Waals surface area contributed by atoms with Crippen molar-refractivity contribution in [3.63, 3.8) is 0 Å². The molecule has 2 rings (SSSR count). The van der Waals surface area contributed by atoms with E-state index in [1.165, 1.54) is 19.2 Å². The lowest BCUT2D eigenvalue weighted by molar-refractivity contribution is 0.0697. The molecule has 0 radical (unpaired) electrons. The zero-order chi connectivity index (χ0) is 14.0. The van der Waals surface area contributed by atoms with Crippen LogP contribution in [0.25, 0.3) is 11.1 Å². The first-order valence-corrected chi connectivity index (χ1v) is 5.77. The van der Waals surface area contributed by atoms with E-state index in [0.717, 1.165) is 6.07 Å². The molecule has 98 valence electrons. The van der Waals surface area contributed by atoms with E-state index in [-0.39, 0.29) is 5.56 Å². The van der Waals surface area contributed by atoms with Crippen molar-refractivity contribution in [2.45, 2.75) is 0 Å². The van der Waals surface area contributed by atoms with Crippen LogP contribution in [-0.4, -0.2) is 18.2 Å². The van der Waals surface area contributed by atoms with Crippen molar-refractivity contribution < 1.29 is 19.0 Å². The molecular formula is C14H10ClFO3. The van der Waals surface area contributed by atoms with Gasteiger partial charge in [-0.25, -0.2) is 9.18 Å². The van der Waals surface area contributed by atoms with Crippen LogP contribution in [0.3, 0.4) is 0 Å². The number of ether oxygens (including phenoxy) is 1. The highest BCUT2D eigenvalue weighted by Crippen LogP contribution is 2.32. The summed E-state index contributed by atoms with van der Waals surface area (Å²) in [6.45, 7) is 0. The van der Waals surface area contributed by atoms with E-state index in [4.69, 9.17) is 21.4 Å². The van der Waals surface area contributed by atoms with Gasteiger partial charge in [0.15, 0.2) is 0 Å². The first-order valence-electron chi connectivity index (χ1n) is 5.39. The third-order valence-corrected chi connectivity index (χ3v) is 2.97. The van der Waals surface area contributed by atoms with Crippen LogP contribution in [0.2, 0.25) is 5.02 Å². The third-order valence-electron chi connectivity index (χ3n) is 2.67. The standard InChI is InChI=1S/C14H10ClFO3/c1-19-13-5-2-8(6-12(13)15)10-4-3-9(16)7-11(10)14(17)18/h2-7H,1H3,(H,17,18). The smallest absolute Gasteiger partial charge is 0.336 e. The van der Waals surface area contributed by atoms with Crippen LogP contribution in [0, 0.1) is 5.82 Å². The molecular weight excluding hydrogens is 271 g/mol. The number of methoxy groups -OCH3 is 1. The monoisotopic (exact) mass is 280 g/mol. The van der Waals surface area contributed by atoms with Crippen molar-refractivity contribution in [3.8, 4) is 16.9 Å². The number of rotatable bonds is 3. The number of carboxylic acid groups (broad SMARTS) is 1. The number of aromatic carboxylic acids is 1. The molecule has 0 fully saturated rings. The Kier molecular flexibility index (Phi) is 3.71. The summed E-state index contributed by atoms with van der Waals surface area (Å²) in [5.41, 5.74) is 0.878. The van der Waals surface area contributed by atoms with Crippen molar-refractivity contribution in [1.29, 1.82) is 0 Å². The lowest BCUT2D eigenvalue weighted by Crippen LogP contribution is -2.00. The predicted octanol–water partition coefficient (Wildman–Crippen LogP) is 3.85. The molecule has 0 aromatic heterocycles. The van der Waals surface area contributed by atoms with Crippen LogP contribution < -0.4 is 4.74 Å². The van der Waals surface area contributed by atoms with E-state index in [1.54, 1.807) is 18.2 Å². The number of halogens is 2. The fourth-order valence-corrected chi connectivity index (χ4v) is 2.04. The molecule has 19 heavy (non-hydrogen) atoms. The van der Waals surface area contributed by atoms with Gasteiger partial charge in [0.25, 0.3) is 0 Å². The molecule has 0 atom stereocenters. The van der Waals surface area contributed by atoms with Gasteiger partial charge in [0, 0.05) is 0 Å². The Labute approximate surface area is 114 Å². The zero-order valence-electron chi connectivity index (χ0n) is 9.98. The molecule has 2 aromatic carbocycles. The SMILES string of the molecule is COc1ccc(-c2ccc(F)cc2C(=O)O)cc1Cl. The molecule has 1 N–H and O–H groups in total. The lowest BCUT2D eigenvalue weighted by atomic mass is 9.99. The van der Waals surface area contributed by atoms with E-state index < -0.39 is 11.8 Å². The third kappa shape index (κ3) is 2.69. The molecule has 0 aliphatic rings. The van der Waals surface area contributed by atoms with E-state index in [9.17, 15) is 9.18 Å². The van der Waals surface area contributed by atoms with Gasteiger partial charge in [-0.15, -0.1) is 0 Å². The Morgan fingerprint density at radius 3 is 2.58 bits per heavy atom. The largest absolute Gasteiger partial charge is 0.495 e. The number of benzene rings is 2. The first-order chi connectivity index (χ1) is 9.02. The normalized spacial score (nSPS) is 10.3. The minimum Gasteiger partial charge on any atom is -0.495 e. The Balaban J connectivity index is 2.58. The fraction of sp³-hybridized carbons (Fsp3) is 0.0714. The summed E-state index contributed by atoms with van der Waals surface area (Å²) in [5, 5.41) is 9.46. The minimum absolute atomic E-state index is 0.110.